The van der Waals surface area contributed by atoms with Crippen molar-refractivity contribution < 1.29 is 18.0 Å². The van der Waals surface area contributed by atoms with Crippen LogP contribution in [0.15, 0.2) is 28.3 Å². The molecule has 1 aromatic heterocycles. The summed E-state index contributed by atoms with van der Waals surface area (Å²) >= 11 is 1.14. The normalized spacial score (nSPS) is 15.4. The standard InChI is InChI=1S/C16H24N4O4S2/c1-2-8-17-16(22)19-14(21)12-25-15-7-6-13(11-18-15)26(23,24)20-9-4-3-5-10-20/h6-7,11H,2-5,8-10,12H2,1H3,(H2,17,19,21,22). The zero-order chi connectivity index (χ0) is 19.0. The van der Waals surface area contributed by atoms with Crippen molar-refractivity contribution in [3.63, 3.8) is 0 Å². The number of hydrogen-bond acceptors (Lipinski definition) is 6. The summed E-state index contributed by atoms with van der Waals surface area (Å²) in [5, 5.41) is 5.29. The molecule has 10 heteroatoms. The minimum atomic E-state index is -3.51. The van der Waals surface area contributed by atoms with E-state index in [1.807, 2.05) is 6.92 Å². The molecule has 2 heterocycles. The number of piperidine rings is 1. The average molecular weight is 401 g/mol. The van der Waals surface area contributed by atoms with Gasteiger partial charge in [0.1, 0.15) is 4.90 Å². The van der Waals surface area contributed by atoms with Crippen LogP contribution in [0.25, 0.3) is 0 Å². The van der Waals surface area contributed by atoms with Gasteiger partial charge in [-0.3, -0.25) is 10.1 Å². The summed E-state index contributed by atoms with van der Waals surface area (Å²) in [5.74, 6) is -0.416. The summed E-state index contributed by atoms with van der Waals surface area (Å²) in [5.41, 5.74) is 0. The van der Waals surface area contributed by atoms with E-state index in [1.54, 1.807) is 6.07 Å². The van der Waals surface area contributed by atoms with Crippen molar-refractivity contribution in [3.8, 4) is 0 Å². The van der Waals surface area contributed by atoms with Gasteiger partial charge in [0.2, 0.25) is 15.9 Å². The summed E-state index contributed by atoms with van der Waals surface area (Å²) in [7, 11) is -3.51. The maximum Gasteiger partial charge on any atom is 0.321 e. The number of thioether (sulfide) groups is 1. The molecule has 0 radical (unpaired) electrons. The summed E-state index contributed by atoms with van der Waals surface area (Å²) in [4.78, 5) is 27.4. The number of amides is 3. The highest BCUT2D eigenvalue weighted by atomic mass is 32.2. The fourth-order valence-electron chi connectivity index (χ4n) is 2.44. The molecular weight excluding hydrogens is 376 g/mol. The number of nitrogens with zero attached hydrogens (tertiary/aromatic N) is 2. The number of carbonyl (C=O) groups is 2. The van der Waals surface area contributed by atoms with Crippen LogP contribution in [0.4, 0.5) is 4.79 Å². The summed E-state index contributed by atoms with van der Waals surface area (Å²) in [6.45, 7) is 3.50. The molecule has 1 aliphatic heterocycles. The van der Waals surface area contributed by atoms with Gasteiger partial charge in [-0.2, -0.15) is 4.31 Å². The quantitative estimate of drug-likeness (QED) is 0.673. The monoisotopic (exact) mass is 400 g/mol. The van der Waals surface area contributed by atoms with Gasteiger partial charge >= 0.3 is 6.03 Å². The van der Waals surface area contributed by atoms with Gasteiger partial charge in [-0.1, -0.05) is 25.1 Å². The predicted octanol–water partition coefficient (Wildman–Crippen LogP) is 1.58. The van der Waals surface area contributed by atoms with E-state index in [0.717, 1.165) is 37.4 Å². The Bertz CT molecular complexity index is 716. The highest BCUT2D eigenvalue weighted by molar-refractivity contribution is 7.99. The summed E-state index contributed by atoms with van der Waals surface area (Å²) in [6.07, 6.45) is 4.91. The minimum absolute atomic E-state index is 0.0186. The first kappa shape index (κ1) is 20.7. The first-order valence-corrected chi connectivity index (χ1v) is 11.0. The minimum Gasteiger partial charge on any atom is -0.338 e. The van der Waals surface area contributed by atoms with Gasteiger partial charge in [-0.25, -0.2) is 18.2 Å². The topological polar surface area (TPSA) is 108 Å². The molecule has 2 rings (SSSR count). The summed E-state index contributed by atoms with van der Waals surface area (Å²) in [6, 6.07) is 2.56. The number of pyridine rings is 1. The van der Waals surface area contributed by atoms with Crippen molar-refractivity contribution in [2.45, 2.75) is 42.5 Å². The molecule has 0 atom stereocenters. The van der Waals surface area contributed by atoms with Crippen LogP contribution in [-0.4, -0.2) is 55.0 Å². The summed E-state index contributed by atoms with van der Waals surface area (Å²) < 4.78 is 26.6. The molecule has 1 aliphatic rings. The Labute approximate surface area is 158 Å². The largest absolute Gasteiger partial charge is 0.338 e. The Kier molecular flexibility index (Phi) is 7.85. The van der Waals surface area contributed by atoms with Crippen LogP contribution < -0.4 is 10.6 Å². The molecule has 0 spiro atoms. The molecule has 0 saturated carbocycles. The number of imide groups is 1. The van der Waals surface area contributed by atoms with Gasteiger partial charge in [0.05, 0.1) is 10.8 Å². The van der Waals surface area contributed by atoms with Crippen molar-refractivity contribution in [1.82, 2.24) is 19.9 Å². The van der Waals surface area contributed by atoms with Gasteiger partial charge in [0.25, 0.3) is 0 Å². The number of rotatable bonds is 7. The molecule has 0 aliphatic carbocycles. The van der Waals surface area contributed by atoms with Crippen LogP contribution in [0.5, 0.6) is 0 Å². The van der Waals surface area contributed by atoms with E-state index in [0.29, 0.717) is 24.7 Å². The lowest BCUT2D eigenvalue weighted by molar-refractivity contribution is -0.117. The second-order valence-electron chi connectivity index (χ2n) is 5.89. The molecule has 3 amide bonds. The number of carbonyl (C=O) groups excluding carboxylic acids is 2. The molecule has 0 unspecified atom stereocenters. The highest BCUT2D eigenvalue weighted by Crippen LogP contribution is 2.22. The third kappa shape index (κ3) is 5.96. The molecular formula is C16H24N4O4S2. The van der Waals surface area contributed by atoms with Crippen LogP contribution in [-0.2, 0) is 14.8 Å². The van der Waals surface area contributed by atoms with Crippen LogP contribution in [0, 0.1) is 0 Å². The van der Waals surface area contributed by atoms with Gasteiger partial charge < -0.3 is 5.32 Å². The molecule has 1 aromatic rings. The number of aromatic nitrogens is 1. The Morgan fingerprint density at radius 3 is 2.58 bits per heavy atom. The average Bonchev–Trinajstić information content (AvgIpc) is 2.65. The van der Waals surface area contributed by atoms with Gasteiger partial charge in [-0.05, 0) is 31.4 Å². The molecule has 26 heavy (non-hydrogen) atoms. The Balaban J connectivity index is 1.87. The van der Waals surface area contributed by atoms with Gasteiger partial charge in [0.15, 0.2) is 0 Å². The van der Waals surface area contributed by atoms with Crippen molar-refractivity contribution in [3.05, 3.63) is 18.3 Å². The lowest BCUT2D eigenvalue weighted by atomic mass is 10.2. The van der Waals surface area contributed by atoms with Gasteiger partial charge in [-0.15, -0.1) is 0 Å². The Hall–Kier alpha value is -1.65. The first-order chi connectivity index (χ1) is 12.4. The van der Waals surface area contributed by atoms with Crippen LogP contribution in [0.1, 0.15) is 32.6 Å². The molecule has 144 valence electrons. The lowest BCUT2D eigenvalue weighted by Gasteiger charge is -2.25. The second-order valence-corrected chi connectivity index (χ2v) is 8.82. The maximum atomic E-state index is 12.5. The van der Waals surface area contributed by atoms with Crippen molar-refractivity contribution in [2.75, 3.05) is 25.4 Å². The van der Waals surface area contributed by atoms with E-state index < -0.39 is 22.0 Å². The maximum absolute atomic E-state index is 12.5. The van der Waals surface area contributed by atoms with Crippen LogP contribution >= 0.6 is 11.8 Å². The molecule has 1 saturated heterocycles. The lowest BCUT2D eigenvalue weighted by Crippen LogP contribution is -2.40. The molecule has 0 aromatic carbocycles. The Morgan fingerprint density at radius 1 is 1.23 bits per heavy atom. The second kappa shape index (κ2) is 9.89. The SMILES string of the molecule is CCCNC(=O)NC(=O)CSc1ccc(S(=O)(=O)N2CCCCC2)cn1. The fraction of sp³-hybridized carbons (Fsp3) is 0.562. The zero-order valence-corrected chi connectivity index (χ0v) is 16.4. The number of urea groups is 1. The van der Waals surface area contributed by atoms with E-state index in [4.69, 9.17) is 0 Å². The van der Waals surface area contributed by atoms with Crippen LogP contribution in [0.2, 0.25) is 0 Å². The van der Waals surface area contributed by atoms with E-state index in [2.05, 4.69) is 15.6 Å². The number of nitrogens with one attached hydrogen (secondary N) is 2. The Morgan fingerprint density at radius 2 is 1.96 bits per heavy atom. The van der Waals surface area contributed by atoms with E-state index in [-0.39, 0.29) is 10.6 Å². The molecule has 1 fully saturated rings. The molecule has 0 bridgehead atoms. The van der Waals surface area contributed by atoms with E-state index >= 15 is 0 Å². The van der Waals surface area contributed by atoms with Gasteiger partial charge in [0, 0.05) is 25.8 Å². The predicted molar refractivity (Wildman–Crippen MR) is 99.4 cm³/mol. The van der Waals surface area contributed by atoms with Crippen molar-refractivity contribution in [1.29, 1.82) is 0 Å². The smallest absolute Gasteiger partial charge is 0.321 e. The van der Waals surface area contributed by atoms with E-state index in [1.165, 1.54) is 16.6 Å². The van der Waals surface area contributed by atoms with Crippen molar-refractivity contribution >= 4 is 33.7 Å². The molecule has 8 nitrogen and oxygen atoms in total. The number of hydrogen-bond donors (Lipinski definition) is 2. The third-order valence-electron chi connectivity index (χ3n) is 3.80. The van der Waals surface area contributed by atoms with E-state index in [9.17, 15) is 18.0 Å². The fourth-order valence-corrected chi connectivity index (χ4v) is 4.55. The number of sulfonamides is 1. The highest BCUT2D eigenvalue weighted by Gasteiger charge is 2.26. The molecule has 2 N–H and O–H groups in total. The third-order valence-corrected chi connectivity index (χ3v) is 6.63. The van der Waals surface area contributed by atoms with Crippen molar-refractivity contribution in [2.24, 2.45) is 0 Å². The van der Waals surface area contributed by atoms with Crippen LogP contribution in [0.3, 0.4) is 0 Å². The zero-order valence-electron chi connectivity index (χ0n) is 14.7. The first-order valence-electron chi connectivity index (χ1n) is 8.60.